The molecule has 1 atom stereocenters. The molecule has 0 saturated heterocycles. The van der Waals surface area contributed by atoms with Crippen LogP contribution in [0.15, 0.2) is 48.5 Å². The molecule has 0 unspecified atom stereocenters. The van der Waals surface area contributed by atoms with E-state index in [2.05, 4.69) is 18.3 Å². The lowest BCUT2D eigenvalue weighted by Crippen LogP contribution is -2.18. The van der Waals surface area contributed by atoms with Crippen molar-refractivity contribution in [3.8, 4) is 11.5 Å². The van der Waals surface area contributed by atoms with Crippen LogP contribution in [-0.4, -0.2) is 12.2 Å². The first-order valence-corrected chi connectivity index (χ1v) is 6.35. The average Bonchev–Trinajstić information content (AvgIpc) is 2.46. The molecule has 2 N–H and O–H groups in total. The minimum Gasteiger partial charge on any atom is -0.508 e. The molecule has 0 aliphatic rings. The van der Waals surface area contributed by atoms with Gasteiger partial charge >= 0.3 is 0 Å². The van der Waals surface area contributed by atoms with Crippen LogP contribution in [0, 0.1) is 0 Å². The predicted molar refractivity (Wildman–Crippen MR) is 76.4 cm³/mol. The molecule has 0 aliphatic carbocycles. The van der Waals surface area contributed by atoms with Crippen LogP contribution in [0.3, 0.4) is 0 Å². The van der Waals surface area contributed by atoms with Crippen molar-refractivity contribution in [2.45, 2.75) is 19.5 Å². The monoisotopic (exact) mass is 257 g/mol. The molecule has 0 aromatic heterocycles. The molecule has 19 heavy (non-hydrogen) atoms. The van der Waals surface area contributed by atoms with E-state index < -0.39 is 0 Å². The maximum absolute atomic E-state index is 9.24. The average molecular weight is 257 g/mol. The van der Waals surface area contributed by atoms with Gasteiger partial charge in [-0.1, -0.05) is 30.3 Å². The van der Waals surface area contributed by atoms with Crippen molar-refractivity contribution in [1.29, 1.82) is 0 Å². The van der Waals surface area contributed by atoms with Gasteiger partial charge in [0.2, 0.25) is 0 Å². The van der Waals surface area contributed by atoms with Gasteiger partial charge in [-0.25, -0.2) is 0 Å². The van der Waals surface area contributed by atoms with Crippen molar-refractivity contribution in [2.24, 2.45) is 0 Å². The van der Waals surface area contributed by atoms with E-state index in [0.717, 1.165) is 23.4 Å². The van der Waals surface area contributed by atoms with Crippen LogP contribution in [0.2, 0.25) is 0 Å². The van der Waals surface area contributed by atoms with E-state index in [1.165, 1.54) is 0 Å². The number of nitrogens with one attached hydrogen (secondary N) is 1. The van der Waals surface area contributed by atoms with Gasteiger partial charge in [0.1, 0.15) is 11.5 Å². The van der Waals surface area contributed by atoms with Gasteiger partial charge in [-0.3, -0.25) is 0 Å². The molecule has 0 aliphatic heterocycles. The second-order valence-corrected chi connectivity index (χ2v) is 4.51. The summed E-state index contributed by atoms with van der Waals surface area (Å²) in [7, 11) is 1.69. The number of para-hydroxylation sites is 1. The van der Waals surface area contributed by atoms with Crippen molar-refractivity contribution in [1.82, 2.24) is 5.32 Å². The van der Waals surface area contributed by atoms with Crippen LogP contribution in [0.5, 0.6) is 11.5 Å². The zero-order valence-electron chi connectivity index (χ0n) is 11.3. The normalized spacial score (nSPS) is 12.1. The van der Waals surface area contributed by atoms with Gasteiger partial charge in [0, 0.05) is 18.2 Å². The van der Waals surface area contributed by atoms with E-state index in [1.54, 1.807) is 19.2 Å². The van der Waals surface area contributed by atoms with Gasteiger partial charge in [0.25, 0.3) is 0 Å². The number of rotatable bonds is 5. The lowest BCUT2D eigenvalue weighted by atomic mass is 10.1. The molecule has 3 heteroatoms. The molecule has 0 fully saturated rings. The van der Waals surface area contributed by atoms with E-state index in [9.17, 15) is 5.11 Å². The molecule has 100 valence electrons. The van der Waals surface area contributed by atoms with Crippen LogP contribution in [0.25, 0.3) is 0 Å². The zero-order valence-corrected chi connectivity index (χ0v) is 11.3. The Kier molecular flexibility index (Phi) is 4.42. The first-order chi connectivity index (χ1) is 9.20. The van der Waals surface area contributed by atoms with Crippen LogP contribution in [0.4, 0.5) is 0 Å². The largest absolute Gasteiger partial charge is 0.508 e. The number of benzene rings is 2. The Morgan fingerprint density at radius 2 is 1.79 bits per heavy atom. The topological polar surface area (TPSA) is 41.5 Å². The molecule has 2 aromatic carbocycles. The Morgan fingerprint density at radius 3 is 2.47 bits per heavy atom. The first-order valence-electron chi connectivity index (χ1n) is 6.35. The van der Waals surface area contributed by atoms with Crippen molar-refractivity contribution in [2.75, 3.05) is 7.11 Å². The summed E-state index contributed by atoms with van der Waals surface area (Å²) in [5, 5.41) is 12.7. The minimum atomic E-state index is 0.199. The van der Waals surface area contributed by atoms with E-state index >= 15 is 0 Å². The van der Waals surface area contributed by atoms with Crippen molar-refractivity contribution >= 4 is 0 Å². The summed E-state index contributed by atoms with van der Waals surface area (Å²) in [6.07, 6.45) is 0. The van der Waals surface area contributed by atoms with Gasteiger partial charge in [-0.05, 0) is 30.7 Å². The van der Waals surface area contributed by atoms with Crippen molar-refractivity contribution in [3.05, 3.63) is 59.7 Å². The summed E-state index contributed by atoms with van der Waals surface area (Å²) in [4.78, 5) is 0. The standard InChI is InChI=1S/C16H19NO2/c1-12(15-5-3-4-6-16(15)19-2)17-11-13-7-9-14(18)10-8-13/h3-10,12,17-18H,11H2,1-2H3/t12-/m1/s1. The zero-order chi connectivity index (χ0) is 13.7. The fourth-order valence-corrected chi connectivity index (χ4v) is 2.02. The number of ether oxygens (including phenoxy) is 1. The second kappa shape index (κ2) is 6.25. The van der Waals surface area contributed by atoms with E-state index in [4.69, 9.17) is 4.74 Å². The smallest absolute Gasteiger partial charge is 0.123 e. The molecule has 3 nitrogen and oxygen atoms in total. The van der Waals surface area contributed by atoms with Crippen LogP contribution in [-0.2, 0) is 6.54 Å². The van der Waals surface area contributed by atoms with Crippen LogP contribution >= 0.6 is 0 Å². The Morgan fingerprint density at radius 1 is 1.11 bits per heavy atom. The molecule has 0 spiro atoms. The van der Waals surface area contributed by atoms with Gasteiger partial charge in [-0.2, -0.15) is 0 Å². The molecule has 0 amide bonds. The molecule has 2 rings (SSSR count). The first kappa shape index (κ1) is 13.4. The number of methoxy groups -OCH3 is 1. The Hall–Kier alpha value is -2.00. The van der Waals surface area contributed by atoms with Crippen molar-refractivity contribution < 1.29 is 9.84 Å². The molecular weight excluding hydrogens is 238 g/mol. The number of hydrogen-bond acceptors (Lipinski definition) is 3. The Bertz CT molecular complexity index is 523. The lowest BCUT2D eigenvalue weighted by molar-refractivity contribution is 0.401. The summed E-state index contributed by atoms with van der Waals surface area (Å²) < 4.78 is 5.36. The summed E-state index contributed by atoms with van der Waals surface area (Å²) >= 11 is 0. The molecule has 0 bridgehead atoms. The third-order valence-corrected chi connectivity index (χ3v) is 3.15. The highest BCUT2D eigenvalue weighted by molar-refractivity contribution is 5.35. The molecule has 0 saturated carbocycles. The van der Waals surface area contributed by atoms with E-state index in [0.29, 0.717) is 5.75 Å². The summed E-state index contributed by atoms with van der Waals surface area (Å²) in [5.74, 6) is 1.19. The number of phenols is 1. The summed E-state index contributed by atoms with van der Waals surface area (Å²) in [5.41, 5.74) is 2.28. The third-order valence-electron chi connectivity index (χ3n) is 3.15. The molecule has 0 heterocycles. The quantitative estimate of drug-likeness (QED) is 0.864. The number of phenolic OH excluding ortho intramolecular Hbond substituents is 1. The highest BCUT2D eigenvalue weighted by Crippen LogP contribution is 2.24. The van der Waals surface area contributed by atoms with Gasteiger partial charge < -0.3 is 15.2 Å². The highest BCUT2D eigenvalue weighted by Gasteiger charge is 2.09. The maximum Gasteiger partial charge on any atom is 0.123 e. The van der Waals surface area contributed by atoms with Gasteiger partial charge in [-0.15, -0.1) is 0 Å². The lowest BCUT2D eigenvalue weighted by Gasteiger charge is -2.17. The van der Waals surface area contributed by atoms with Crippen LogP contribution < -0.4 is 10.1 Å². The summed E-state index contributed by atoms with van der Waals surface area (Å²) in [6.45, 7) is 2.86. The van der Waals surface area contributed by atoms with E-state index in [1.807, 2.05) is 30.3 Å². The molecule has 2 aromatic rings. The van der Waals surface area contributed by atoms with Crippen molar-refractivity contribution in [3.63, 3.8) is 0 Å². The van der Waals surface area contributed by atoms with Crippen LogP contribution in [0.1, 0.15) is 24.1 Å². The minimum absolute atomic E-state index is 0.199. The van der Waals surface area contributed by atoms with Gasteiger partial charge in [0.05, 0.1) is 7.11 Å². The second-order valence-electron chi connectivity index (χ2n) is 4.51. The fraction of sp³-hybridized carbons (Fsp3) is 0.250. The SMILES string of the molecule is COc1ccccc1[C@@H](C)NCc1ccc(O)cc1. The predicted octanol–water partition coefficient (Wildman–Crippen LogP) is 3.25. The highest BCUT2D eigenvalue weighted by atomic mass is 16.5. The Balaban J connectivity index is 2.01. The molecular formula is C16H19NO2. The molecule has 0 radical (unpaired) electrons. The van der Waals surface area contributed by atoms with E-state index in [-0.39, 0.29) is 6.04 Å². The van der Waals surface area contributed by atoms with Gasteiger partial charge in [0.15, 0.2) is 0 Å². The number of hydrogen-bond donors (Lipinski definition) is 2. The third kappa shape index (κ3) is 3.48. The fourth-order valence-electron chi connectivity index (χ4n) is 2.02. The maximum atomic E-state index is 9.24. The number of aromatic hydroxyl groups is 1. The Labute approximate surface area is 113 Å². The summed E-state index contributed by atoms with van der Waals surface area (Å²) in [6, 6.07) is 15.4.